The van der Waals surface area contributed by atoms with E-state index in [0.29, 0.717) is 12.4 Å². The molecule has 0 spiro atoms. The Morgan fingerprint density at radius 2 is 2.04 bits per heavy atom. The zero-order chi connectivity index (χ0) is 18.6. The molecule has 1 fully saturated rings. The zero-order valence-electron chi connectivity index (χ0n) is 16.2. The fourth-order valence-electron chi connectivity index (χ4n) is 3.38. The number of methoxy groups -OCH3 is 1. The zero-order valence-corrected chi connectivity index (χ0v) is 17.0. The summed E-state index contributed by atoms with van der Waals surface area (Å²) in [6.07, 6.45) is 0. The lowest BCUT2D eigenvalue weighted by Crippen LogP contribution is -2.41. The number of nitrogens with zero attached hydrogens (tertiary/aromatic N) is 2. The first kappa shape index (κ1) is 19.9. The Kier molecular flexibility index (Phi) is 6.63. The minimum atomic E-state index is 0.0253. The molecule has 1 heterocycles. The highest BCUT2D eigenvalue weighted by atomic mass is 32.2. The summed E-state index contributed by atoms with van der Waals surface area (Å²) < 4.78 is 11.1. The van der Waals surface area contributed by atoms with E-state index in [0.717, 1.165) is 30.2 Å². The van der Waals surface area contributed by atoms with Crippen LogP contribution in [-0.2, 0) is 4.79 Å². The van der Waals surface area contributed by atoms with Crippen molar-refractivity contribution in [3.05, 3.63) is 23.8 Å². The van der Waals surface area contributed by atoms with Gasteiger partial charge in [-0.05, 0) is 44.1 Å². The van der Waals surface area contributed by atoms with Crippen LogP contribution in [-0.4, -0.2) is 62.4 Å². The number of hydrogen-bond donors (Lipinski definition) is 0. The number of rotatable bonds is 8. The molecule has 140 valence electrons. The first-order valence-electron chi connectivity index (χ1n) is 8.64. The molecule has 0 N–H and O–H groups in total. The standard InChI is InChI=1S/C19H30N2O3S/c1-7-24-16-10-14(8-9-15(16)23-6)18-21(17(22)11-25-18)13-19(2,3)12-20(4)5/h8-10,18H,7,11-13H2,1-6H3. The van der Waals surface area contributed by atoms with Gasteiger partial charge in [-0.25, -0.2) is 0 Å². The summed E-state index contributed by atoms with van der Waals surface area (Å²) in [6, 6.07) is 5.96. The third-order valence-corrected chi connectivity index (χ3v) is 5.34. The molecule has 1 saturated heterocycles. The van der Waals surface area contributed by atoms with E-state index in [2.05, 4.69) is 32.8 Å². The van der Waals surface area contributed by atoms with Crippen LogP contribution in [0.3, 0.4) is 0 Å². The molecule has 1 atom stereocenters. The van der Waals surface area contributed by atoms with Gasteiger partial charge in [-0.1, -0.05) is 19.9 Å². The van der Waals surface area contributed by atoms with Gasteiger partial charge in [-0.15, -0.1) is 11.8 Å². The third kappa shape index (κ3) is 5.05. The molecule has 1 amide bonds. The van der Waals surface area contributed by atoms with Gasteiger partial charge in [0.2, 0.25) is 5.91 Å². The average molecular weight is 367 g/mol. The van der Waals surface area contributed by atoms with Crippen molar-refractivity contribution in [3.63, 3.8) is 0 Å². The van der Waals surface area contributed by atoms with Gasteiger partial charge in [-0.3, -0.25) is 4.79 Å². The number of hydrogen-bond acceptors (Lipinski definition) is 5. The van der Waals surface area contributed by atoms with Crippen LogP contribution in [0.15, 0.2) is 18.2 Å². The monoisotopic (exact) mass is 366 g/mol. The third-order valence-electron chi connectivity index (χ3n) is 4.08. The lowest BCUT2D eigenvalue weighted by molar-refractivity contribution is -0.129. The van der Waals surface area contributed by atoms with Crippen LogP contribution in [0.2, 0.25) is 0 Å². The molecule has 0 aliphatic carbocycles. The Hall–Kier alpha value is -1.40. The summed E-state index contributed by atoms with van der Waals surface area (Å²) in [6.45, 7) is 8.62. The largest absolute Gasteiger partial charge is 0.493 e. The van der Waals surface area contributed by atoms with Gasteiger partial charge >= 0.3 is 0 Å². The van der Waals surface area contributed by atoms with Crippen LogP contribution in [0.5, 0.6) is 11.5 Å². The molecule has 1 unspecified atom stereocenters. The maximum atomic E-state index is 12.5. The summed E-state index contributed by atoms with van der Waals surface area (Å²) in [7, 11) is 5.77. The summed E-state index contributed by atoms with van der Waals surface area (Å²) in [5, 5.41) is 0.0269. The average Bonchev–Trinajstić information content (AvgIpc) is 2.86. The molecule has 0 saturated carbocycles. The van der Waals surface area contributed by atoms with Crippen molar-refractivity contribution in [2.24, 2.45) is 5.41 Å². The Morgan fingerprint density at radius 1 is 1.32 bits per heavy atom. The normalized spacial score (nSPS) is 18.1. The Bertz CT molecular complexity index is 604. The lowest BCUT2D eigenvalue weighted by Gasteiger charge is -2.35. The molecule has 1 aliphatic heterocycles. The van der Waals surface area contributed by atoms with Crippen molar-refractivity contribution in [2.45, 2.75) is 26.1 Å². The molecule has 0 bridgehead atoms. The van der Waals surface area contributed by atoms with Gasteiger partial charge in [0, 0.05) is 13.1 Å². The molecular formula is C19H30N2O3S. The van der Waals surface area contributed by atoms with Crippen molar-refractivity contribution in [2.75, 3.05) is 46.7 Å². The van der Waals surface area contributed by atoms with Crippen LogP contribution < -0.4 is 9.47 Å². The molecule has 1 aliphatic rings. The first-order valence-corrected chi connectivity index (χ1v) is 9.69. The van der Waals surface area contributed by atoms with Crippen molar-refractivity contribution >= 4 is 17.7 Å². The van der Waals surface area contributed by atoms with E-state index in [-0.39, 0.29) is 16.7 Å². The van der Waals surface area contributed by atoms with Crippen molar-refractivity contribution in [3.8, 4) is 11.5 Å². The van der Waals surface area contributed by atoms with Gasteiger partial charge in [-0.2, -0.15) is 0 Å². The van der Waals surface area contributed by atoms with E-state index in [1.54, 1.807) is 18.9 Å². The highest BCUT2D eigenvalue weighted by Crippen LogP contribution is 2.42. The summed E-state index contributed by atoms with van der Waals surface area (Å²) in [4.78, 5) is 16.7. The highest BCUT2D eigenvalue weighted by molar-refractivity contribution is 8.00. The van der Waals surface area contributed by atoms with Crippen LogP contribution in [0.25, 0.3) is 0 Å². The fourth-order valence-corrected chi connectivity index (χ4v) is 4.56. The topological polar surface area (TPSA) is 42.0 Å². The van der Waals surface area contributed by atoms with Crippen LogP contribution in [0, 0.1) is 5.41 Å². The van der Waals surface area contributed by atoms with Gasteiger partial charge in [0.05, 0.1) is 19.5 Å². The maximum absolute atomic E-state index is 12.5. The molecule has 1 aromatic rings. The summed E-state index contributed by atoms with van der Waals surface area (Å²) >= 11 is 1.68. The molecule has 5 nitrogen and oxygen atoms in total. The van der Waals surface area contributed by atoms with Gasteiger partial charge in [0.25, 0.3) is 0 Å². The van der Waals surface area contributed by atoms with Crippen LogP contribution in [0.4, 0.5) is 0 Å². The van der Waals surface area contributed by atoms with Gasteiger partial charge in [0.1, 0.15) is 5.37 Å². The molecule has 2 rings (SSSR count). The number of thioether (sulfide) groups is 1. The Labute approximate surface area is 155 Å². The van der Waals surface area contributed by atoms with Crippen LogP contribution in [0.1, 0.15) is 31.7 Å². The van der Waals surface area contributed by atoms with Crippen molar-refractivity contribution in [1.82, 2.24) is 9.80 Å². The minimum absolute atomic E-state index is 0.0253. The van der Waals surface area contributed by atoms with Crippen LogP contribution >= 0.6 is 11.8 Å². The quantitative estimate of drug-likeness (QED) is 0.706. The smallest absolute Gasteiger partial charge is 0.233 e. The molecule has 0 aromatic heterocycles. The Morgan fingerprint density at radius 3 is 2.64 bits per heavy atom. The van der Waals surface area contributed by atoms with Crippen molar-refractivity contribution < 1.29 is 14.3 Å². The van der Waals surface area contributed by atoms with E-state index in [9.17, 15) is 4.79 Å². The minimum Gasteiger partial charge on any atom is -0.493 e. The number of carbonyl (C=O) groups excluding carboxylic acids is 1. The van der Waals surface area contributed by atoms with E-state index < -0.39 is 0 Å². The van der Waals surface area contributed by atoms with E-state index in [4.69, 9.17) is 9.47 Å². The summed E-state index contributed by atoms with van der Waals surface area (Å²) in [5.74, 6) is 2.18. The number of amides is 1. The molecule has 0 radical (unpaired) electrons. The summed E-state index contributed by atoms with van der Waals surface area (Å²) in [5.41, 5.74) is 1.11. The fraction of sp³-hybridized carbons (Fsp3) is 0.632. The van der Waals surface area contributed by atoms with E-state index in [1.165, 1.54) is 0 Å². The number of ether oxygens (including phenoxy) is 2. The van der Waals surface area contributed by atoms with E-state index in [1.807, 2.05) is 30.0 Å². The second kappa shape index (κ2) is 8.32. The molecule has 6 heteroatoms. The predicted octanol–water partition coefficient (Wildman–Crippen LogP) is 3.26. The lowest BCUT2D eigenvalue weighted by atomic mass is 9.92. The predicted molar refractivity (Wildman–Crippen MR) is 103 cm³/mol. The second-order valence-electron chi connectivity index (χ2n) is 7.43. The second-order valence-corrected chi connectivity index (χ2v) is 8.50. The Balaban J connectivity index is 2.25. The molecule has 25 heavy (non-hydrogen) atoms. The SMILES string of the molecule is CCOc1cc(C2SCC(=O)N2CC(C)(C)CN(C)C)ccc1OC. The first-order chi connectivity index (χ1) is 11.8. The number of benzene rings is 1. The van der Waals surface area contributed by atoms with Gasteiger partial charge in [0.15, 0.2) is 11.5 Å². The maximum Gasteiger partial charge on any atom is 0.233 e. The molecule has 1 aromatic carbocycles. The highest BCUT2D eigenvalue weighted by Gasteiger charge is 2.37. The van der Waals surface area contributed by atoms with E-state index >= 15 is 0 Å². The van der Waals surface area contributed by atoms with Crippen molar-refractivity contribution in [1.29, 1.82) is 0 Å². The number of carbonyl (C=O) groups is 1. The molecular weight excluding hydrogens is 336 g/mol. The van der Waals surface area contributed by atoms with Gasteiger partial charge < -0.3 is 19.3 Å².